The molecular weight excluding hydrogens is 248 g/mol. The summed E-state index contributed by atoms with van der Waals surface area (Å²) in [6.07, 6.45) is 0.695. The molecule has 0 aliphatic heterocycles. The van der Waals surface area contributed by atoms with Gasteiger partial charge in [-0.3, -0.25) is 14.9 Å². The molecule has 0 aromatic heterocycles. The summed E-state index contributed by atoms with van der Waals surface area (Å²) in [6, 6.07) is 3.54. The number of halogens is 1. The van der Waals surface area contributed by atoms with Crippen LogP contribution in [0.1, 0.15) is 12.8 Å². The molecule has 92 valence electrons. The molecule has 0 bridgehead atoms. The molecule has 0 radical (unpaired) electrons. The molecular formula is C10H11ClN2O4. The van der Waals surface area contributed by atoms with Gasteiger partial charge in [0.05, 0.1) is 11.0 Å². The van der Waals surface area contributed by atoms with Gasteiger partial charge in [-0.15, -0.1) is 11.6 Å². The highest BCUT2D eigenvalue weighted by atomic mass is 35.5. The minimum absolute atomic E-state index is 0.0624. The Kier molecular flexibility index (Phi) is 4.71. The fourth-order valence-electron chi connectivity index (χ4n) is 1.22. The quantitative estimate of drug-likeness (QED) is 0.367. The largest absolute Gasteiger partial charge is 0.508 e. The number of carbonyl (C=O) groups is 1. The average Bonchev–Trinajstić information content (AvgIpc) is 2.28. The van der Waals surface area contributed by atoms with Crippen molar-refractivity contribution in [2.75, 3.05) is 11.2 Å². The second-order valence-electron chi connectivity index (χ2n) is 3.30. The smallest absolute Gasteiger partial charge is 0.296 e. The van der Waals surface area contributed by atoms with Crippen LogP contribution in [0.5, 0.6) is 5.75 Å². The molecule has 17 heavy (non-hydrogen) atoms. The lowest BCUT2D eigenvalue weighted by Crippen LogP contribution is -2.12. The van der Waals surface area contributed by atoms with Gasteiger partial charge in [0.1, 0.15) is 11.4 Å². The van der Waals surface area contributed by atoms with Crippen LogP contribution in [-0.2, 0) is 4.79 Å². The molecule has 0 spiro atoms. The van der Waals surface area contributed by atoms with E-state index in [-0.39, 0.29) is 29.5 Å². The fraction of sp³-hybridized carbons (Fsp3) is 0.300. The number of hydrogen-bond donors (Lipinski definition) is 2. The Labute approximate surface area is 102 Å². The molecule has 0 atom stereocenters. The number of nitro benzene ring substituents is 1. The lowest BCUT2D eigenvalue weighted by Gasteiger charge is -2.05. The topological polar surface area (TPSA) is 92.5 Å². The minimum Gasteiger partial charge on any atom is -0.508 e. The SMILES string of the molecule is O=C(CCCCl)Nc1ccc(O)cc1[N+](=O)[O-]. The zero-order valence-electron chi connectivity index (χ0n) is 8.85. The predicted octanol–water partition coefficient (Wildman–Crippen LogP) is 2.26. The van der Waals surface area contributed by atoms with Crippen molar-refractivity contribution in [1.82, 2.24) is 0 Å². The number of anilines is 1. The van der Waals surface area contributed by atoms with Crippen molar-refractivity contribution in [3.63, 3.8) is 0 Å². The molecule has 0 aliphatic carbocycles. The summed E-state index contributed by atoms with van der Waals surface area (Å²) < 4.78 is 0. The number of nitrogens with zero attached hydrogens (tertiary/aromatic N) is 1. The minimum atomic E-state index is -0.670. The maximum Gasteiger partial charge on any atom is 0.296 e. The summed E-state index contributed by atoms with van der Waals surface area (Å²) in [5.74, 6) is -0.222. The van der Waals surface area contributed by atoms with Crippen molar-refractivity contribution < 1.29 is 14.8 Å². The maximum absolute atomic E-state index is 11.4. The number of amides is 1. The monoisotopic (exact) mass is 258 g/mol. The number of alkyl halides is 1. The molecule has 0 heterocycles. The highest BCUT2D eigenvalue weighted by Crippen LogP contribution is 2.28. The van der Waals surface area contributed by atoms with Gasteiger partial charge in [-0.2, -0.15) is 0 Å². The summed E-state index contributed by atoms with van der Waals surface area (Å²) in [5, 5.41) is 22.2. The van der Waals surface area contributed by atoms with E-state index in [2.05, 4.69) is 5.32 Å². The number of benzene rings is 1. The van der Waals surface area contributed by atoms with Crippen molar-refractivity contribution in [1.29, 1.82) is 0 Å². The van der Waals surface area contributed by atoms with Gasteiger partial charge < -0.3 is 10.4 Å². The third kappa shape index (κ3) is 3.92. The summed E-state index contributed by atoms with van der Waals surface area (Å²) in [7, 11) is 0. The van der Waals surface area contributed by atoms with E-state index in [1.807, 2.05) is 0 Å². The fourth-order valence-corrected chi connectivity index (χ4v) is 1.35. The number of nitrogens with one attached hydrogen (secondary N) is 1. The molecule has 0 saturated carbocycles. The number of hydrogen-bond acceptors (Lipinski definition) is 4. The molecule has 2 N–H and O–H groups in total. The number of phenols is 1. The third-order valence-electron chi connectivity index (χ3n) is 1.99. The van der Waals surface area contributed by atoms with Crippen LogP contribution in [-0.4, -0.2) is 21.8 Å². The van der Waals surface area contributed by atoms with E-state index in [1.54, 1.807) is 0 Å². The Morgan fingerprint density at radius 3 is 2.82 bits per heavy atom. The van der Waals surface area contributed by atoms with Gasteiger partial charge >= 0.3 is 0 Å². The second-order valence-corrected chi connectivity index (χ2v) is 3.68. The zero-order chi connectivity index (χ0) is 12.8. The Bertz CT molecular complexity index is 436. The van der Waals surface area contributed by atoms with Crippen molar-refractivity contribution in [2.45, 2.75) is 12.8 Å². The molecule has 1 aromatic carbocycles. The van der Waals surface area contributed by atoms with Gasteiger partial charge in [0.25, 0.3) is 5.69 Å². The molecule has 7 heteroatoms. The van der Waals surface area contributed by atoms with Gasteiger partial charge in [-0.05, 0) is 18.6 Å². The van der Waals surface area contributed by atoms with E-state index in [0.29, 0.717) is 12.3 Å². The molecule has 0 unspecified atom stereocenters. The van der Waals surface area contributed by atoms with Crippen LogP contribution in [0.15, 0.2) is 18.2 Å². The van der Waals surface area contributed by atoms with Crippen LogP contribution in [0, 0.1) is 10.1 Å². The highest BCUT2D eigenvalue weighted by Gasteiger charge is 2.16. The number of carbonyl (C=O) groups excluding carboxylic acids is 1. The average molecular weight is 259 g/mol. The van der Waals surface area contributed by atoms with E-state index >= 15 is 0 Å². The molecule has 0 saturated heterocycles. The summed E-state index contributed by atoms with van der Waals surface area (Å²) in [5.41, 5.74) is -0.281. The van der Waals surface area contributed by atoms with Crippen LogP contribution in [0.25, 0.3) is 0 Å². The van der Waals surface area contributed by atoms with E-state index in [4.69, 9.17) is 16.7 Å². The van der Waals surface area contributed by atoms with Crippen molar-refractivity contribution in [3.05, 3.63) is 28.3 Å². The second kappa shape index (κ2) is 6.05. The van der Waals surface area contributed by atoms with E-state index < -0.39 is 4.92 Å². The summed E-state index contributed by atoms with van der Waals surface area (Å²) in [4.78, 5) is 21.4. The normalized spacial score (nSPS) is 9.94. The Balaban J connectivity index is 2.83. The maximum atomic E-state index is 11.4. The first-order valence-electron chi connectivity index (χ1n) is 4.88. The number of rotatable bonds is 5. The van der Waals surface area contributed by atoms with Crippen LogP contribution >= 0.6 is 11.6 Å². The molecule has 1 rings (SSSR count). The van der Waals surface area contributed by atoms with Crippen LogP contribution in [0.3, 0.4) is 0 Å². The number of nitro groups is 1. The lowest BCUT2D eigenvalue weighted by molar-refractivity contribution is -0.384. The van der Waals surface area contributed by atoms with Crippen molar-refractivity contribution in [2.24, 2.45) is 0 Å². The Morgan fingerprint density at radius 1 is 1.53 bits per heavy atom. The first-order chi connectivity index (χ1) is 8.04. The molecule has 0 aliphatic rings. The predicted molar refractivity (Wildman–Crippen MR) is 63.3 cm³/mol. The van der Waals surface area contributed by atoms with Crippen molar-refractivity contribution >= 4 is 28.9 Å². The van der Waals surface area contributed by atoms with Gasteiger partial charge in [0.15, 0.2) is 0 Å². The number of phenolic OH excluding ortho intramolecular Hbond substituents is 1. The van der Waals surface area contributed by atoms with E-state index in [0.717, 1.165) is 6.07 Å². The highest BCUT2D eigenvalue weighted by molar-refractivity contribution is 6.18. The van der Waals surface area contributed by atoms with Gasteiger partial charge in [-0.25, -0.2) is 0 Å². The summed E-state index contributed by atoms with van der Waals surface area (Å²) >= 11 is 5.43. The Morgan fingerprint density at radius 2 is 2.24 bits per heavy atom. The molecule has 6 nitrogen and oxygen atoms in total. The Hall–Kier alpha value is -1.82. The van der Waals surface area contributed by atoms with Crippen LogP contribution in [0.2, 0.25) is 0 Å². The first-order valence-corrected chi connectivity index (χ1v) is 5.41. The zero-order valence-corrected chi connectivity index (χ0v) is 9.61. The molecule has 1 amide bonds. The lowest BCUT2D eigenvalue weighted by atomic mass is 10.2. The van der Waals surface area contributed by atoms with Crippen LogP contribution < -0.4 is 5.32 Å². The third-order valence-corrected chi connectivity index (χ3v) is 2.26. The van der Waals surface area contributed by atoms with Gasteiger partial charge in [0, 0.05) is 12.3 Å². The van der Waals surface area contributed by atoms with Crippen molar-refractivity contribution in [3.8, 4) is 5.75 Å². The summed E-state index contributed by atoms with van der Waals surface area (Å²) in [6.45, 7) is 0. The molecule has 0 fully saturated rings. The first kappa shape index (κ1) is 13.2. The van der Waals surface area contributed by atoms with Gasteiger partial charge in [0.2, 0.25) is 5.91 Å². The van der Waals surface area contributed by atoms with Crippen LogP contribution in [0.4, 0.5) is 11.4 Å². The number of aromatic hydroxyl groups is 1. The van der Waals surface area contributed by atoms with E-state index in [9.17, 15) is 14.9 Å². The van der Waals surface area contributed by atoms with Gasteiger partial charge in [-0.1, -0.05) is 0 Å². The standard InChI is InChI=1S/C10H11ClN2O4/c11-5-1-2-10(15)12-8-4-3-7(14)6-9(8)13(16)17/h3-4,6,14H,1-2,5H2,(H,12,15). The van der Waals surface area contributed by atoms with E-state index in [1.165, 1.54) is 12.1 Å². The molecule has 1 aromatic rings.